The van der Waals surface area contributed by atoms with Crippen LogP contribution in [0.1, 0.15) is 462 Å². The molecule has 0 amide bonds. The van der Waals surface area contributed by atoms with E-state index in [1.165, 1.54) is 262 Å². The molecule has 7 aliphatic carbocycles. The van der Waals surface area contributed by atoms with Crippen LogP contribution in [0.2, 0.25) is 0 Å². The molecule has 0 aromatic heterocycles. The van der Waals surface area contributed by atoms with E-state index < -0.39 is 35.0 Å². The maximum absolute atomic E-state index is 15.1. The molecule has 125 heavy (non-hydrogen) atoms. The van der Waals surface area contributed by atoms with Gasteiger partial charge < -0.3 is 32.0 Å². The second-order valence-electron chi connectivity index (χ2n) is 42.0. The standard InChI is InChI=1S/C81H112O4.C21H32O2.C15H21Br.Mg.2H/c1-7-16-57-29-39-62(40-30-57)63-49-51-72(52-50-63)79(6)84-77(80(82,73-25-12-21-68(53-73)64-41-31-58(17-8-2)32-42-64)74-26-13-22-69(54-74)65-43-33-59(18-9-3)34-44-65)78(85-79)81(83,75-27-14-23-70(55-75)66-45-35-60(19-10-4)36-46-66)76-28-15-24-71(56-76)67-47-37-61(20-11-5)38-48-67;1-5-6-17-7-9-18(10-8-17)19-11-13-20(14-12-19)21(4)22-15(2)16(3)23-21;1-2-4-12-7-9-13(10-8-12)14-5-3-6-15(16)11-14;;;/h12-15,21-28,49-62,64-67,77-78,82-83H,7-11,16-20,29-48H2,1-6H3;11-18H,5-10H2,1-4H3;3,5-6,11-13H,2,4,7-10H2,1H3;;;/q;;;+2;2*-1/t57?,58?,59?,60?,61?,62?,64?,65?,66?,67?,77-,78-,79?,80?,81?;;;;;/m1...../s1. The van der Waals surface area contributed by atoms with Gasteiger partial charge in [0.1, 0.15) is 23.4 Å². The third-order valence-corrected chi connectivity index (χ3v) is 33.9. The van der Waals surface area contributed by atoms with E-state index in [0.29, 0.717) is 29.6 Å². The molecule has 0 bridgehead atoms. The van der Waals surface area contributed by atoms with E-state index in [0.717, 1.165) is 138 Å². The summed E-state index contributed by atoms with van der Waals surface area (Å²) in [4.78, 5) is 0. The van der Waals surface area contributed by atoms with E-state index in [1.807, 2.05) is 6.92 Å². The first kappa shape index (κ1) is 98.1. The molecule has 7 saturated carbocycles. The third-order valence-electron chi connectivity index (χ3n) is 33.4. The van der Waals surface area contributed by atoms with Crippen molar-refractivity contribution in [1.29, 1.82) is 0 Å². The minimum atomic E-state index is -1.75. The first-order valence-electron chi connectivity index (χ1n) is 51.8. The molecule has 0 spiro atoms. The number of benzene rings is 7. The quantitative estimate of drug-likeness (QED) is 0.0455. The number of halogens is 1. The van der Waals surface area contributed by atoms with E-state index in [9.17, 15) is 0 Å². The molecule has 7 aromatic carbocycles. The van der Waals surface area contributed by atoms with Gasteiger partial charge in [0.05, 0.1) is 12.2 Å². The Hall–Kier alpha value is -4.45. The van der Waals surface area contributed by atoms with Crippen LogP contribution in [0.3, 0.4) is 0 Å². The van der Waals surface area contributed by atoms with Gasteiger partial charge in [0.2, 0.25) is 0 Å². The molecule has 2 heterocycles. The van der Waals surface area contributed by atoms with E-state index >= 15 is 10.2 Å². The van der Waals surface area contributed by atoms with Crippen molar-refractivity contribution in [2.75, 3.05) is 0 Å². The van der Waals surface area contributed by atoms with Crippen molar-refractivity contribution < 1.29 is 32.0 Å². The van der Waals surface area contributed by atoms with E-state index in [4.69, 9.17) is 18.9 Å². The summed E-state index contributed by atoms with van der Waals surface area (Å²) in [5, 5.41) is 30.3. The van der Waals surface area contributed by atoms with E-state index in [1.54, 1.807) is 0 Å². The molecule has 2 saturated heterocycles. The summed E-state index contributed by atoms with van der Waals surface area (Å²) in [6.45, 7) is 24.6. The molecule has 0 radical (unpaired) electrons. The molecule has 6 nitrogen and oxygen atoms in total. The zero-order valence-electron chi connectivity index (χ0n) is 81.9. The maximum Gasteiger partial charge on any atom is 2.00 e. The van der Waals surface area contributed by atoms with Gasteiger partial charge in [0, 0.05) is 15.6 Å². The summed E-state index contributed by atoms with van der Waals surface area (Å²) in [5.41, 5.74) is 11.4. The molecule has 8 heteroatoms. The average molecular weight is 1770 g/mol. The van der Waals surface area contributed by atoms with Crippen molar-refractivity contribution in [3.05, 3.63) is 247 Å². The fourth-order valence-corrected chi connectivity index (χ4v) is 26.2. The molecule has 2 aliphatic heterocycles. The first-order valence-corrected chi connectivity index (χ1v) is 52.6. The zero-order valence-corrected chi connectivity index (χ0v) is 82.9. The predicted molar refractivity (Wildman–Crippen MR) is 530 cm³/mol. The van der Waals surface area contributed by atoms with Crippen molar-refractivity contribution in [2.45, 2.75) is 434 Å². The number of aliphatic hydroxyl groups is 2. The van der Waals surface area contributed by atoms with Crippen molar-refractivity contribution in [1.82, 2.24) is 0 Å². The number of rotatable bonds is 29. The van der Waals surface area contributed by atoms with Gasteiger partial charge in [-0.3, -0.25) is 0 Å². The SMILES string of the molecule is CCCC1CCC(c2ccc(C3(C)OC(C)C(C)O3)cc2)CC1.CCCC1CCC(c2ccc(C3(C)O[C@@H](C(O)(c4cccc(C5CCC(CCC)CC5)c4)c4cccc(C5CCC(CCC)CC5)c4)[C@H](C(O)(c4cccc(C5CCC(CCC)CC5)c4)c4cccc(C5CCC(CCC)CC5)c4)O3)cc2)CC1.CCCC1CCC(c2cccc(Br)c2)CC1.[H-].[H-].[Mg+2]. The van der Waals surface area contributed by atoms with Crippen LogP contribution in [0.5, 0.6) is 0 Å². The fraction of sp³-hybridized carbons (Fsp3) is 0.641. The topological polar surface area (TPSA) is 77.4 Å². The summed E-state index contributed by atoms with van der Waals surface area (Å²) in [6, 6.07) is 63.2. The predicted octanol–water partition coefficient (Wildman–Crippen LogP) is 33.0. The zero-order chi connectivity index (χ0) is 86.8. The molecule has 4 atom stereocenters. The van der Waals surface area contributed by atoms with Crippen LogP contribution in [-0.4, -0.2) is 57.7 Å². The van der Waals surface area contributed by atoms with Crippen LogP contribution < -0.4 is 0 Å². The van der Waals surface area contributed by atoms with Gasteiger partial charge in [-0.1, -0.05) is 312 Å². The molecular weight excluding hydrogens is 1610 g/mol. The third kappa shape index (κ3) is 24.3. The molecule has 2 N–H and O–H groups in total. The van der Waals surface area contributed by atoms with E-state index in [2.05, 4.69) is 255 Å². The molecule has 2 unspecified atom stereocenters. The van der Waals surface area contributed by atoms with E-state index in [-0.39, 0.29) is 38.1 Å². The second-order valence-corrected chi connectivity index (χ2v) is 42.9. The Bertz CT molecular complexity index is 4030. The van der Waals surface area contributed by atoms with Crippen molar-refractivity contribution >= 4 is 39.0 Å². The minimum Gasteiger partial charge on any atom is -1.00 e. The Morgan fingerprint density at radius 2 is 0.480 bits per heavy atom. The normalized spacial score (nSPS) is 31.8. The Morgan fingerprint density at radius 3 is 0.696 bits per heavy atom. The van der Waals surface area contributed by atoms with Crippen molar-refractivity contribution in [2.24, 2.45) is 41.4 Å². The number of hydrogen-bond donors (Lipinski definition) is 2. The maximum atomic E-state index is 15.1. The van der Waals surface area contributed by atoms with Gasteiger partial charge in [0.25, 0.3) is 0 Å². The van der Waals surface area contributed by atoms with Crippen molar-refractivity contribution in [3.63, 3.8) is 0 Å². The van der Waals surface area contributed by atoms with Gasteiger partial charge in [0.15, 0.2) is 11.6 Å². The van der Waals surface area contributed by atoms with Crippen molar-refractivity contribution in [3.8, 4) is 0 Å². The number of hydrogen-bond acceptors (Lipinski definition) is 6. The second kappa shape index (κ2) is 46.8. The average Bonchev–Trinajstić information content (AvgIpc) is 1.57. The Labute approximate surface area is 787 Å². The Balaban J connectivity index is 0.000000303. The monoisotopic (exact) mass is 1770 g/mol. The van der Waals surface area contributed by atoms with Gasteiger partial charge in [-0.2, -0.15) is 0 Å². The molecule has 9 aliphatic rings. The summed E-state index contributed by atoms with van der Waals surface area (Å²) >= 11 is 3.57. The van der Waals surface area contributed by atoms with Crippen LogP contribution in [0.25, 0.3) is 0 Å². The fourth-order valence-electron chi connectivity index (χ4n) is 25.8. The van der Waals surface area contributed by atoms with Gasteiger partial charge >= 0.3 is 23.1 Å². The Morgan fingerprint density at radius 1 is 0.280 bits per heavy atom. The van der Waals surface area contributed by atoms with Crippen LogP contribution >= 0.6 is 15.9 Å². The molecule has 7 aromatic rings. The minimum absolute atomic E-state index is 0. The molecular formula is C117H167BrMgO6. The van der Waals surface area contributed by atoms with Crippen LogP contribution in [0, 0.1) is 41.4 Å². The largest absolute Gasteiger partial charge is 2.00 e. The van der Waals surface area contributed by atoms with Crippen LogP contribution in [-0.2, 0) is 41.7 Å². The first-order chi connectivity index (χ1) is 60.3. The van der Waals surface area contributed by atoms with Gasteiger partial charge in [-0.25, -0.2) is 0 Å². The Kier molecular flexibility index (Phi) is 36.7. The van der Waals surface area contributed by atoms with Crippen LogP contribution in [0.15, 0.2) is 174 Å². The van der Waals surface area contributed by atoms with Gasteiger partial charge in [-0.15, -0.1) is 0 Å². The van der Waals surface area contributed by atoms with Crippen LogP contribution in [0.4, 0.5) is 0 Å². The summed E-state index contributed by atoms with van der Waals surface area (Å²) in [6.07, 6.45) is 52.0. The summed E-state index contributed by atoms with van der Waals surface area (Å²) in [7, 11) is 0. The molecule has 9 fully saturated rings. The number of ether oxygens (including phenoxy) is 4. The molecule has 16 rings (SSSR count). The van der Waals surface area contributed by atoms with Gasteiger partial charge in [-0.05, 0) is 364 Å². The summed E-state index contributed by atoms with van der Waals surface area (Å²) < 4.78 is 29.2. The smallest absolute Gasteiger partial charge is 1.00 e. The molecule has 680 valence electrons. The summed E-state index contributed by atoms with van der Waals surface area (Å²) in [5.74, 6) is 7.84.